The number of hydrogen-bond acceptors (Lipinski definition) is 2. The summed E-state index contributed by atoms with van der Waals surface area (Å²) in [4.78, 5) is 12.5. The van der Waals surface area contributed by atoms with Gasteiger partial charge in [-0.1, -0.05) is 19.1 Å². The summed E-state index contributed by atoms with van der Waals surface area (Å²) in [5.74, 6) is 0.185. The van der Waals surface area contributed by atoms with Gasteiger partial charge in [0.15, 0.2) is 5.78 Å². The number of aryl methyl sites for hydroxylation is 1. The molecule has 0 aliphatic heterocycles. The Labute approximate surface area is 100 Å². The molecule has 0 spiro atoms. The van der Waals surface area contributed by atoms with Crippen LogP contribution >= 0.6 is 23.4 Å². The second kappa shape index (κ2) is 6.19. The van der Waals surface area contributed by atoms with Gasteiger partial charge in [-0.25, -0.2) is 0 Å². The number of carbonyl (C=O) groups is 1. The first-order valence-electron chi connectivity index (χ1n) is 4.94. The quantitative estimate of drug-likeness (QED) is 0.582. The second-order valence-corrected chi connectivity index (χ2v) is 4.46. The Morgan fingerprint density at radius 2 is 2.20 bits per heavy atom. The number of ketones is 1. The monoisotopic (exact) mass is 242 g/mol. The van der Waals surface area contributed by atoms with Gasteiger partial charge in [-0.05, 0) is 29.9 Å². The molecule has 0 saturated carbocycles. The average Bonchev–Trinajstić information content (AvgIpc) is 2.28. The predicted octanol–water partition coefficient (Wildman–Crippen LogP) is 3.32. The molecule has 0 aliphatic rings. The number of halogens is 1. The normalized spacial score (nSPS) is 10.3. The summed E-state index contributed by atoms with van der Waals surface area (Å²) in [5.41, 5.74) is 2.37. The van der Waals surface area contributed by atoms with Crippen LogP contribution < -0.4 is 0 Å². The molecule has 15 heavy (non-hydrogen) atoms. The van der Waals surface area contributed by atoms with Gasteiger partial charge in [0, 0.05) is 11.3 Å². The third-order valence-corrected chi connectivity index (χ3v) is 3.43. The van der Waals surface area contributed by atoms with Gasteiger partial charge in [0.1, 0.15) is 0 Å². The highest BCUT2D eigenvalue weighted by molar-refractivity contribution is 7.98. The van der Waals surface area contributed by atoms with E-state index < -0.39 is 0 Å². The standard InChI is InChI=1S/C12H15ClOS/c1-3-9-4-5-12(15-2)10(6-9)7-11(14)8-13/h4-6H,3,7-8H2,1-2H3. The van der Waals surface area contributed by atoms with Crippen LogP contribution in [-0.4, -0.2) is 17.9 Å². The summed E-state index contributed by atoms with van der Waals surface area (Å²) in [5, 5.41) is 0. The van der Waals surface area contributed by atoms with E-state index in [1.807, 2.05) is 6.26 Å². The largest absolute Gasteiger partial charge is 0.298 e. The van der Waals surface area contributed by atoms with Crippen LogP contribution in [-0.2, 0) is 17.6 Å². The van der Waals surface area contributed by atoms with Gasteiger partial charge >= 0.3 is 0 Å². The molecular formula is C12H15ClOS. The Kier molecular flexibility index (Phi) is 5.20. The van der Waals surface area contributed by atoms with Crippen molar-refractivity contribution in [2.24, 2.45) is 0 Å². The summed E-state index contributed by atoms with van der Waals surface area (Å²) in [6.45, 7) is 2.11. The van der Waals surface area contributed by atoms with E-state index in [-0.39, 0.29) is 11.7 Å². The van der Waals surface area contributed by atoms with Crippen LogP contribution in [0.25, 0.3) is 0 Å². The summed E-state index contributed by atoms with van der Waals surface area (Å²) in [6.07, 6.45) is 3.47. The predicted molar refractivity (Wildman–Crippen MR) is 67.0 cm³/mol. The molecule has 1 nitrogen and oxygen atoms in total. The van der Waals surface area contributed by atoms with Crippen LogP contribution in [0, 0.1) is 0 Å². The van der Waals surface area contributed by atoms with Gasteiger partial charge < -0.3 is 0 Å². The highest BCUT2D eigenvalue weighted by atomic mass is 35.5. The molecule has 0 amide bonds. The van der Waals surface area contributed by atoms with E-state index in [2.05, 4.69) is 25.1 Å². The van der Waals surface area contributed by atoms with Crippen molar-refractivity contribution in [3.05, 3.63) is 29.3 Å². The Morgan fingerprint density at radius 1 is 1.47 bits per heavy atom. The molecule has 0 unspecified atom stereocenters. The molecule has 1 aromatic carbocycles. The Balaban J connectivity index is 2.95. The minimum Gasteiger partial charge on any atom is -0.298 e. The fourth-order valence-corrected chi connectivity index (χ4v) is 2.14. The molecule has 0 aliphatic carbocycles. The van der Waals surface area contributed by atoms with Crippen molar-refractivity contribution < 1.29 is 4.79 Å². The molecule has 82 valence electrons. The Hall–Kier alpha value is -0.470. The topological polar surface area (TPSA) is 17.1 Å². The van der Waals surface area contributed by atoms with E-state index in [0.717, 1.165) is 12.0 Å². The van der Waals surface area contributed by atoms with Gasteiger partial charge in [-0.3, -0.25) is 4.79 Å². The van der Waals surface area contributed by atoms with Crippen molar-refractivity contribution in [3.63, 3.8) is 0 Å². The molecule has 1 aromatic rings. The minimum absolute atomic E-state index is 0.0835. The highest BCUT2D eigenvalue weighted by Crippen LogP contribution is 2.22. The molecule has 3 heteroatoms. The maximum atomic E-state index is 11.3. The molecular weight excluding hydrogens is 228 g/mol. The van der Waals surface area contributed by atoms with Crippen molar-refractivity contribution in [3.8, 4) is 0 Å². The van der Waals surface area contributed by atoms with Gasteiger partial charge in [0.2, 0.25) is 0 Å². The van der Waals surface area contributed by atoms with Gasteiger partial charge in [0.25, 0.3) is 0 Å². The molecule has 0 aromatic heterocycles. The molecule has 0 radical (unpaired) electrons. The van der Waals surface area contributed by atoms with Crippen molar-refractivity contribution in [2.45, 2.75) is 24.7 Å². The zero-order chi connectivity index (χ0) is 11.3. The van der Waals surface area contributed by atoms with E-state index in [1.54, 1.807) is 11.8 Å². The van der Waals surface area contributed by atoms with Crippen LogP contribution in [0.2, 0.25) is 0 Å². The Bertz CT molecular complexity index is 349. The van der Waals surface area contributed by atoms with Crippen LogP contribution in [0.3, 0.4) is 0 Å². The lowest BCUT2D eigenvalue weighted by molar-refractivity contribution is -0.116. The number of Topliss-reactive ketones (excluding diaryl/α,β-unsaturated/α-hetero) is 1. The lowest BCUT2D eigenvalue weighted by Gasteiger charge is -2.08. The third kappa shape index (κ3) is 3.54. The van der Waals surface area contributed by atoms with Gasteiger partial charge in [0.05, 0.1) is 5.88 Å². The number of alkyl halides is 1. The van der Waals surface area contributed by atoms with Crippen LogP contribution in [0.15, 0.2) is 23.1 Å². The van der Waals surface area contributed by atoms with Crippen LogP contribution in [0.1, 0.15) is 18.1 Å². The summed E-state index contributed by atoms with van der Waals surface area (Å²) >= 11 is 7.19. The molecule has 0 atom stereocenters. The number of thioether (sulfide) groups is 1. The third-order valence-electron chi connectivity index (χ3n) is 2.29. The first-order valence-corrected chi connectivity index (χ1v) is 6.70. The average molecular weight is 243 g/mol. The fourth-order valence-electron chi connectivity index (χ4n) is 1.45. The molecule has 0 fully saturated rings. The van der Waals surface area contributed by atoms with Gasteiger partial charge in [-0.15, -0.1) is 23.4 Å². The zero-order valence-electron chi connectivity index (χ0n) is 9.05. The van der Waals surface area contributed by atoms with Crippen LogP contribution in [0.5, 0.6) is 0 Å². The SMILES string of the molecule is CCc1ccc(SC)c(CC(=O)CCl)c1. The molecule has 0 heterocycles. The van der Waals surface area contributed by atoms with E-state index >= 15 is 0 Å². The van der Waals surface area contributed by atoms with Crippen molar-refractivity contribution in [1.29, 1.82) is 0 Å². The van der Waals surface area contributed by atoms with Crippen molar-refractivity contribution in [2.75, 3.05) is 12.1 Å². The molecule has 0 bridgehead atoms. The second-order valence-electron chi connectivity index (χ2n) is 3.35. The number of benzene rings is 1. The smallest absolute Gasteiger partial charge is 0.151 e. The Morgan fingerprint density at radius 3 is 2.73 bits per heavy atom. The number of hydrogen-bond donors (Lipinski definition) is 0. The summed E-state index contributed by atoms with van der Waals surface area (Å²) < 4.78 is 0. The number of carbonyl (C=O) groups excluding carboxylic acids is 1. The molecule has 0 saturated heterocycles. The minimum atomic E-state index is 0.0835. The van der Waals surface area contributed by atoms with Crippen LogP contribution in [0.4, 0.5) is 0 Å². The lowest BCUT2D eigenvalue weighted by Crippen LogP contribution is -2.05. The molecule has 1 rings (SSSR count). The highest BCUT2D eigenvalue weighted by Gasteiger charge is 2.07. The fraction of sp³-hybridized carbons (Fsp3) is 0.417. The zero-order valence-corrected chi connectivity index (χ0v) is 10.6. The van der Waals surface area contributed by atoms with E-state index in [9.17, 15) is 4.79 Å². The lowest BCUT2D eigenvalue weighted by atomic mass is 10.0. The molecule has 0 N–H and O–H groups in total. The first kappa shape index (κ1) is 12.6. The van der Waals surface area contributed by atoms with E-state index in [1.165, 1.54) is 10.5 Å². The first-order chi connectivity index (χ1) is 7.21. The van der Waals surface area contributed by atoms with E-state index in [4.69, 9.17) is 11.6 Å². The van der Waals surface area contributed by atoms with Crippen molar-refractivity contribution in [1.82, 2.24) is 0 Å². The van der Waals surface area contributed by atoms with Crippen molar-refractivity contribution >= 4 is 29.1 Å². The number of rotatable bonds is 5. The summed E-state index contributed by atoms with van der Waals surface area (Å²) in [6, 6.07) is 6.30. The maximum Gasteiger partial charge on any atom is 0.151 e. The maximum absolute atomic E-state index is 11.3. The van der Waals surface area contributed by atoms with Gasteiger partial charge in [-0.2, -0.15) is 0 Å². The van der Waals surface area contributed by atoms with E-state index in [0.29, 0.717) is 6.42 Å². The summed E-state index contributed by atoms with van der Waals surface area (Å²) in [7, 11) is 0.